The summed E-state index contributed by atoms with van der Waals surface area (Å²) in [7, 11) is 3.16. The van der Waals surface area contributed by atoms with Crippen molar-refractivity contribution in [3.8, 4) is 11.5 Å². The number of nitrogens with zero attached hydrogens (tertiary/aromatic N) is 1. The molecule has 0 aliphatic heterocycles. The van der Waals surface area contributed by atoms with E-state index in [9.17, 15) is 4.79 Å². The Morgan fingerprint density at radius 3 is 2.58 bits per heavy atom. The van der Waals surface area contributed by atoms with E-state index in [1.807, 2.05) is 18.2 Å². The summed E-state index contributed by atoms with van der Waals surface area (Å²) in [6.07, 6.45) is 1.79. The molecule has 0 saturated heterocycles. The van der Waals surface area contributed by atoms with Gasteiger partial charge in [-0.05, 0) is 58.0 Å². The van der Waals surface area contributed by atoms with Gasteiger partial charge in [0.2, 0.25) is 5.91 Å². The molecule has 0 radical (unpaired) electrons. The number of amides is 1. The molecule has 1 N–H and O–H groups in total. The lowest BCUT2D eigenvalue weighted by atomic mass is 10.1. The molecule has 1 amide bonds. The zero-order valence-electron chi connectivity index (χ0n) is 13.2. The van der Waals surface area contributed by atoms with Crippen LogP contribution in [0.15, 0.2) is 41.5 Å². The molecule has 2 aromatic rings. The van der Waals surface area contributed by atoms with Gasteiger partial charge in [-0.3, -0.25) is 4.79 Å². The molecule has 0 bridgehead atoms. The Kier molecular flexibility index (Phi) is 6.86. The van der Waals surface area contributed by atoms with Gasteiger partial charge >= 0.3 is 0 Å². The molecule has 0 aromatic heterocycles. The van der Waals surface area contributed by atoms with E-state index in [1.165, 1.54) is 0 Å². The first-order valence-corrected chi connectivity index (χ1v) is 8.47. The van der Waals surface area contributed by atoms with Crippen molar-refractivity contribution in [3.05, 3.63) is 56.1 Å². The monoisotopic (exact) mass is 458 g/mol. The van der Waals surface area contributed by atoms with E-state index in [1.54, 1.807) is 38.6 Å². The van der Waals surface area contributed by atoms with Crippen LogP contribution in [0, 0.1) is 3.57 Å². The van der Waals surface area contributed by atoms with Crippen LogP contribution in [0.2, 0.25) is 5.02 Å². The number of hydrogen-bond acceptors (Lipinski definition) is 4. The van der Waals surface area contributed by atoms with Crippen molar-refractivity contribution in [3.63, 3.8) is 0 Å². The lowest BCUT2D eigenvalue weighted by molar-refractivity contribution is -0.120. The van der Waals surface area contributed by atoms with Crippen LogP contribution in [0.4, 0.5) is 0 Å². The summed E-state index contributed by atoms with van der Waals surface area (Å²) in [5.41, 5.74) is 4.17. The summed E-state index contributed by atoms with van der Waals surface area (Å²) in [6.45, 7) is 0. The fourth-order valence-electron chi connectivity index (χ4n) is 2.02. The van der Waals surface area contributed by atoms with Crippen molar-refractivity contribution < 1.29 is 14.3 Å². The van der Waals surface area contributed by atoms with E-state index in [-0.39, 0.29) is 12.3 Å². The highest BCUT2D eigenvalue weighted by Gasteiger charge is 2.09. The first kappa shape index (κ1) is 18.5. The normalized spacial score (nSPS) is 10.7. The second-order valence-electron chi connectivity index (χ2n) is 4.83. The standard InChI is InChI=1S/C17H16ClIN2O3/c1-23-15-8-12(7-14(19)17(15)24-2)10-20-21-16(22)9-11-3-5-13(18)6-4-11/h3-8,10H,9H2,1-2H3,(H,21,22)/b20-10-. The second kappa shape index (κ2) is 8.89. The number of rotatable bonds is 6. The Morgan fingerprint density at radius 1 is 1.25 bits per heavy atom. The number of ether oxygens (including phenoxy) is 2. The largest absolute Gasteiger partial charge is 0.493 e. The summed E-state index contributed by atoms with van der Waals surface area (Å²) in [4.78, 5) is 11.9. The number of carbonyl (C=O) groups excluding carboxylic acids is 1. The fourth-order valence-corrected chi connectivity index (χ4v) is 2.99. The third-order valence-electron chi connectivity index (χ3n) is 3.14. The smallest absolute Gasteiger partial charge is 0.244 e. The summed E-state index contributed by atoms with van der Waals surface area (Å²) in [5.74, 6) is 1.07. The van der Waals surface area contributed by atoms with Crippen LogP contribution in [-0.2, 0) is 11.2 Å². The van der Waals surface area contributed by atoms with Gasteiger partial charge in [0, 0.05) is 5.02 Å². The van der Waals surface area contributed by atoms with Gasteiger partial charge in [-0.1, -0.05) is 23.7 Å². The third-order valence-corrected chi connectivity index (χ3v) is 4.19. The molecular formula is C17H16ClIN2O3. The van der Waals surface area contributed by atoms with Crippen LogP contribution in [-0.4, -0.2) is 26.3 Å². The summed E-state index contributed by atoms with van der Waals surface area (Å²) >= 11 is 7.97. The predicted octanol–water partition coefficient (Wildman–Crippen LogP) is 3.65. The molecule has 0 fully saturated rings. The van der Waals surface area contributed by atoms with Gasteiger partial charge < -0.3 is 9.47 Å². The lowest BCUT2D eigenvalue weighted by Gasteiger charge is -2.10. The molecule has 0 atom stereocenters. The van der Waals surface area contributed by atoms with Crippen LogP contribution in [0.5, 0.6) is 11.5 Å². The molecule has 0 unspecified atom stereocenters. The third kappa shape index (κ3) is 5.10. The van der Waals surface area contributed by atoms with E-state index in [0.29, 0.717) is 16.5 Å². The molecule has 7 heteroatoms. The molecular weight excluding hydrogens is 443 g/mol. The Hall–Kier alpha value is -1.80. The maximum Gasteiger partial charge on any atom is 0.244 e. The van der Waals surface area contributed by atoms with Crippen molar-refractivity contribution >= 4 is 46.3 Å². The maximum absolute atomic E-state index is 11.9. The molecule has 0 spiro atoms. The Balaban J connectivity index is 1.99. The summed E-state index contributed by atoms with van der Waals surface area (Å²) in [6, 6.07) is 10.8. The van der Waals surface area contributed by atoms with Gasteiger partial charge in [-0.2, -0.15) is 5.10 Å². The van der Waals surface area contributed by atoms with E-state index in [4.69, 9.17) is 21.1 Å². The molecule has 0 aliphatic rings. The lowest BCUT2D eigenvalue weighted by Crippen LogP contribution is -2.19. The van der Waals surface area contributed by atoms with Gasteiger partial charge in [-0.15, -0.1) is 0 Å². The Bertz CT molecular complexity index is 748. The molecule has 2 aromatic carbocycles. The minimum absolute atomic E-state index is 0.205. The van der Waals surface area contributed by atoms with E-state index in [2.05, 4.69) is 33.1 Å². The number of hydrazone groups is 1. The van der Waals surface area contributed by atoms with Gasteiger partial charge in [0.15, 0.2) is 11.5 Å². The van der Waals surface area contributed by atoms with Crippen molar-refractivity contribution in [2.45, 2.75) is 6.42 Å². The number of methoxy groups -OCH3 is 2. The SMILES string of the molecule is COc1cc(/C=N\NC(=O)Cc2ccc(Cl)cc2)cc(I)c1OC. The van der Waals surface area contributed by atoms with Crippen LogP contribution in [0.3, 0.4) is 0 Å². The van der Waals surface area contributed by atoms with Crippen LogP contribution in [0.25, 0.3) is 0 Å². The van der Waals surface area contributed by atoms with Gasteiger partial charge in [0.1, 0.15) is 0 Å². The highest BCUT2D eigenvalue weighted by atomic mass is 127. The predicted molar refractivity (Wildman–Crippen MR) is 103 cm³/mol. The molecule has 0 saturated carbocycles. The van der Waals surface area contributed by atoms with Crippen LogP contribution >= 0.6 is 34.2 Å². The Morgan fingerprint density at radius 2 is 1.96 bits per heavy atom. The van der Waals surface area contributed by atoms with Crippen molar-refractivity contribution in [2.75, 3.05) is 14.2 Å². The maximum atomic E-state index is 11.9. The topological polar surface area (TPSA) is 59.9 Å². The summed E-state index contributed by atoms with van der Waals surface area (Å²) < 4.78 is 11.5. The molecule has 0 aliphatic carbocycles. The molecule has 5 nitrogen and oxygen atoms in total. The van der Waals surface area contributed by atoms with Crippen LogP contribution < -0.4 is 14.9 Å². The highest BCUT2D eigenvalue weighted by Crippen LogP contribution is 2.32. The summed E-state index contributed by atoms with van der Waals surface area (Å²) in [5, 5.41) is 4.62. The molecule has 126 valence electrons. The number of hydrogen-bond donors (Lipinski definition) is 1. The van der Waals surface area contributed by atoms with E-state index < -0.39 is 0 Å². The average Bonchev–Trinajstić information content (AvgIpc) is 2.56. The average molecular weight is 459 g/mol. The first-order chi connectivity index (χ1) is 11.5. The molecule has 24 heavy (non-hydrogen) atoms. The quantitative estimate of drug-likeness (QED) is 0.408. The van der Waals surface area contributed by atoms with Gasteiger partial charge in [0.05, 0.1) is 30.4 Å². The van der Waals surface area contributed by atoms with E-state index >= 15 is 0 Å². The van der Waals surface area contributed by atoms with Crippen molar-refractivity contribution in [1.29, 1.82) is 0 Å². The highest BCUT2D eigenvalue weighted by molar-refractivity contribution is 14.1. The number of carbonyl (C=O) groups is 1. The minimum atomic E-state index is -0.205. The minimum Gasteiger partial charge on any atom is -0.493 e. The van der Waals surface area contributed by atoms with Gasteiger partial charge in [-0.25, -0.2) is 5.43 Å². The number of nitrogens with one attached hydrogen (secondary N) is 1. The van der Waals surface area contributed by atoms with Gasteiger partial charge in [0.25, 0.3) is 0 Å². The zero-order valence-corrected chi connectivity index (χ0v) is 16.1. The first-order valence-electron chi connectivity index (χ1n) is 7.01. The van der Waals surface area contributed by atoms with Crippen LogP contribution in [0.1, 0.15) is 11.1 Å². The molecule has 0 heterocycles. The second-order valence-corrected chi connectivity index (χ2v) is 6.43. The Labute approximate surface area is 159 Å². The molecule has 2 rings (SSSR count). The zero-order chi connectivity index (χ0) is 17.5. The van der Waals surface area contributed by atoms with E-state index in [0.717, 1.165) is 14.7 Å². The fraction of sp³-hybridized carbons (Fsp3) is 0.176. The van der Waals surface area contributed by atoms with Crippen molar-refractivity contribution in [2.24, 2.45) is 5.10 Å². The number of benzene rings is 2. The number of halogens is 2. The van der Waals surface area contributed by atoms with Crippen molar-refractivity contribution in [1.82, 2.24) is 5.43 Å².